The standard InChI is InChI=1S/C21H25N3O5S/c25-18-12-23(20(27)17-13-30-14-24(17)18)11-15-1-3-16(4-2-15)19(26)22-7-5-21(6-8-22)28-9-10-29-21/h1-4,17H,5-14H2. The second kappa shape index (κ2) is 7.86. The first-order valence-electron chi connectivity index (χ1n) is 10.4. The molecule has 3 amide bonds. The fourth-order valence-electron chi connectivity index (χ4n) is 4.56. The number of fused-ring (bicyclic) bond motifs is 1. The van der Waals surface area contributed by atoms with Crippen LogP contribution in [0.4, 0.5) is 0 Å². The molecule has 0 aliphatic carbocycles. The van der Waals surface area contributed by atoms with Gasteiger partial charge in [-0.2, -0.15) is 0 Å². The minimum Gasteiger partial charge on any atom is -0.347 e. The van der Waals surface area contributed by atoms with E-state index in [1.54, 1.807) is 33.7 Å². The average Bonchev–Trinajstić information content (AvgIpc) is 3.43. The van der Waals surface area contributed by atoms with Gasteiger partial charge in [-0.05, 0) is 17.7 Å². The van der Waals surface area contributed by atoms with E-state index in [1.165, 1.54) is 0 Å². The highest BCUT2D eigenvalue weighted by atomic mass is 32.2. The molecule has 1 atom stereocenters. The summed E-state index contributed by atoms with van der Waals surface area (Å²) < 4.78 is 11.4. The number of carbonyl (C=O) groups is 3. The lowest BCUT2D eigenvalue weighted by Crippen LogP contribution is -2.57. The SMILES string of the molecule is O=C(c1ccc(CN2CC(=O)N3CSCC3C2=O)cc1)N1CCC2(CC1)OCCO2. The third-order valence-electron chi connectivity index (χ3n) is 6.33. The first-order chi connectivity index (χ1) is 14.5. The average molecular weight is 432 g/mol. The molecule has 0 bridgehead atoms. The van der Waals surface area contributed by atoms with Gasteiger partial charge in [-0.1, -0.05) is 12.1 Å². The minimum absolute atomic E-state index is 0.00255. The van der Waals surface area contributed by atoms with Gasteiger partial charge >= 0.3 is 0 Å². The molecule has 30 heavy (non-hydrogen) atoms. The Morgan fingerprint density at radius 3 is 2.50 bits per heavy atom. The van der Waals surface area contributed by atoms with Gasteiger partial charge in [0, 0.05) is 43.8 Å². The van der Waals surface area contributed by atoms with Crippen LogP contribution < -0.4 is 0 Å². The number of nitrogens with zero attached hydrogens (tertiary/aromatic N) is 3. The number of piperidine rings is 1. The number of ether oxygens (including phenoxy) is 2. The fraction of sp³-hybridized carbons (Fsp3) is 0.571. The Hall–Kier alpha value is -2.10. The molecule has 4 fully saturated rings. The van der Waals surface area contributed by atoms with Crippen molar-refractivity contribution in [2.24, 2.45) is 0 Å². The molecular weight excluding hydrogens is 406 g/mol. The van der Waals surface area contributed by atoms with E-state index >= 15 is 0 Å². The van der Waals surface area contributed by atoms with Crippen molar-refractivity contribution in [3.8, 4) is 0 Å². The highest BCUT2D eigenvalue weighted by molar-refractivity contribution is 7.99. The van der Waals surface area contributed by atoms with Gasteiger partial charge in [0.25, 0.3) is 5.91 Å². The molecule has 1 spiro atoms. The zero-order chi connectivity index (χ0) is 20.7. The zero-order valence-electron chi connectivity index (χ0n) is 16.7. The molecule has 0 aromatic heterocycles. The van der Waals surface area contributed by atoms with E-state index in [0.717, 1.165) is 5.56 Å². The maximum absolute atomic E-state index is 12.9. The number of hydrogen-bond acceptors (Lipinski definition) is 6. The molecule has 4 aliphatic rings. The largest absolute Gasteiger partial charge is 0.347 e. The Labute approximate surface area is 179 Å². The molecule has 1 unspecified atom stereocenters. The third-order valence-corrected chi connectivity index (χ3v) is 7.34. The lowest BCUT2D eigenvalue weighted by Gasteiger charge is -2.37. The summed E-state index contributed by atoms with van der Waals surface area (Å²) in [5.41, 5.74) is 1.54. The van der Waals surface area contributed by atoms with Gasteiger partial charge in [-0.25, -0.2) is 0 Å². The Morgan fingerprint density at radius 2 is 1.80 bits per heavy atom. The zero-order valence-corrected chi connectivity index (χ0v) is 17.6. The smallest absolute Gasteiger partial charge is 0.253 e. The van der Waals surface area contributed by atoms with Crippen molar-refractivity contribution in [1.29, 1.82) is 0 Å². The lowest BCUT2D eigenvalue weighted by molar-refractivity contribution is -0.181. The van der Waals surface area contributed by atoms with Gasteiger partial charge in [0.05, 0.1) is 19.1 Å². The van der Waals surface area contributed by atoms with Crippen LogP contribution in [-0.4, -0.2) is 88.7 Å². The Kier molecular flexibility index (Phi) is 5.20. The summed E-state index contributed by atoms with van der Waals surface area (Å²) in [6.07, 6.45) is 1.39. The first kappa shape index (κ1) is 19.8. The number of benzene rings is 1. The molecule has 1 aromatic rings. The number of amides is 3. The molecule has 5 rings (SSSR count). The summed E-state index contributed by atoms with van der Waals surface area (Å²) in [4.78, 5) is 43.0. The highest BCUT2D eigenvalue weighted by Crippen LogP contribution is 2.32. The lowest BCUT2D eigenvalue weighted by atomic mass is 10.0. The topological polar surface area (TPSA) is 79.4 Å². The molecule has 0 radical (unpaired) electrons. The van der Waals surface area contributed by atoms with Crippen molar-refractivity contribution in [2.75, 3.05) is 44.5 Å². The molecule has 4 saturated heterocycles. The summed E-state index contributed by atoms with van der Waals surface area (Å²) in [6, 6.07) is 7.02. The number of carbonyl (C=O) groups excluding carboxylic acids is 3. The van der Waals surface area contributed by atoms with E-state index in [9.17, 15) is 14.4 Å². The maximum Gasteiger partial charge on any atom is 0.253 e. The van der Waals surface area contributed by atoms with Crippen molar-refractivity contribution >= 4 is 29.5 Å². The molecule has 160 valence electrons. The van der Waals surface area contributed by atoms with Crippen molar-refractivity contribution in [1.82, 2.24) is 14.7 Å². The molecule has 9 heteroatoms. The normalized spacial score (nSPS) is 25.9. The second-order valence-electron chi connectivity index (χ2n) is 8.17. The molecule has 0 saturated carbocycles. The van der Waals surface area contributed by atoms with Crippen LogP contribution in [0.15, 0.2) is 24.3 Å². The number of piperazine rings is 1. The summed E-state index contributed by atoms with van der Waals surface area (Å²) in [5.74, 6) is 0.800. The van der Waals surface area contributed by atoms with E-state index in [0.29, 0.717) is 62.9 Å². The minimum atomic E-state index is -0.494. The third kappa shape index (κ3) is 3.59. The van der Waals surface area contributed by atoms with Gasteiger partial charge in [-0.3, -0.25) is 14.4 Å². The fourth-order valence-corrected chi connectivity index (χ4v) is 5.73. The molecular formula is C21H25N3O5S. The molecule has 0 N–H and O–H groups in total. The van der Waals surface area contributed by atoms with Crippen LogP contribution in [0.5, 0.6) is 0 Å². The maximum atomic E-state index is 12.9. The Bertz CT molecular complexity index is 845. The second-order valence-corrected chi connectivity index (χ2v) is 9.17. The number of rotatable bonds is 3. The number of likely N-dealkylation sites (tertiary alicyclic amines) is 1. The van der Waals surface area contributed by atoms with Crippen LogP contribution in [0.25, 0.3) is 0 Å². The summed E-state index contributed by atoms with van der Waals surface area (Å²) in [7, 11) is 0. The molecule has 4 aliphatic heterocycles. The van der Waals surface area contributed by atoms with Crippen molar-refractivity contribution in [2.45, 2.75) is 31.2 Å². The van der Waals surface area contributed by atoms with Crippen LogP contribution >= 0.6 is 11.8 Å². The molecule has 8 nitrogen and oxygen atoms in total. The Balaban J connectivity index is 1.20. The van der Waals surface area contributed by atoms with Gasteiger partial charge in [0.1, 0.15) is 12.6 Å². The highest BCUT2D eigenvalue weighted by Gasteiger charge is 2.42. The first-order valence-corrected chi connectivity index (χ1v) is 11.5. The van der Waals surface area contributed by atoms with E-state index in [2.05, 4.69) is 0 Å². The predicted octanol–water partition coefficient (Wildman–Crippen LogP) is 0.909. The van der Waals surface area contributed by atoms with Gasteiger partial charge in [-0.15, -0.1) is 11.8 Å². The van der Waals surface area contributed by atoms with Gasteiger partial charge in [0.15, 0.2) is 5.79 Å². The van der Waals surface area contributed by atoms with E-state index in [4.69, 9.17) is 9.47 Å². The number of hydrogen-bond donors (Lipinski definition) is 0. The molecule has 4 heterocycles. The summed E-state index contributed by atoms with van der Waals surface area (Å²) >= 11 is 1.62. The van der Waals surface area contributed by atoms with E-state index < -0.39 is 5.79 Å². The Morgan fingerprint density at radius 1 is 1.10 bits per heavy atom. The van der Waals surface area contributed by atoms with Crippen molar-refractivity contribution in [3.63, 3.8) is 0 Å². The van der Waals surface area contributed by atoms with Gasteiger partial charge < -0.3 is 24.2 Å². The van der Waals surface area contributed by atoms with Crippen LogP contribution in [0.3, 0.4) is 0 Å². The van der Waals surface area contributed by atoms with Crippen LogP contribution in [0.1, 0.15) is 28.8 Å². The molecule has 1 aromatic carbocycles. The van der Waals surface area contributed by atoms with Gasteiger partial charge in [0.2, 0.25) is 11.8 Å². The monoisotopic (exact) mass is 431 g/mol. The van der Waals surface area contributed by atoms with Crippen LogP contribution in [-0.2, 0) is 25.6 Å². The van der Waals surface area contributed by atoms with Crippen LogP contribution in [0.2, 0.25) is 0 Å². The quantitative estimate of drug-likeness (QED) is 0.708. The predicted molar refractivity (Wildman–Crippen MR) is 110 cm³/mol. The van der Waals surface area contributed by atoms with Crippen LogP contribution in [0, 0.1) is 0 Å². The van der Waals surface area contributed by atoms with Crippen molar-refractivity contribution in [3.05, 3.63) is 35.4 Å². The van der Waals surface area contributed by atoms with Crippen molar-refractivity contribution < 1.29 is 23.9 Å². The summed E-state index contributed by atoms with van der Waals surface area (Å²) in [6.45, 7) is 2.98. The van der Waals surface area contributed by atoms with E-state index in [1.807, 2.05) is 17.0 Å². The summed E-state index contributed by atoms with van der Waals surface area (Å²) in [5, 5.41) is 0. The van der Waals surface area contributed by atoms with E-state index in [-0.39, 0.29) is 30.3 Å². The number of thioether (sulfide) groups is 1.